The fourth-order valence-corrected chi connectivity index (χ4v) is 3.49. The highest BCUT2D eigenvalue weighted by molar-refractivity contribution is 6.38. The summed E-state index contributed by atoms with van der Waals surface area (Å²) in [6.07, 6.45) is 0. The maximum Gasteiger partial charge on any atom is 0.260 e. The van der Waals surface area contributed by atoms with Gasteiger partial charge in [-0.25, -0.2) is 0 Å². The number of fused-ring (bicyclic) bond motifs is 1. The highest BCUT2D eigenvalue weighted by atomic mass is 35.5. The summed E-state index contributed by atoms with van der Waals surface area (Å²) < 4.78 is 15.7. The normalized spacial score (nSPS) is 14.4. The molecule has 1 aliphatic rings. The van der Waals surface area contributed by atoms with Gasteiger partial charge >= 0.3 is 0 Å². The number of nitrogens with one attached hydrogen (secondary N) is 1. The zero-order valence-electron chi connectivity index (χ0n) is 16.4. The number of carbonyl (C=O) groups is 1. The first-order valence-corrected chi connectivity index (χ1v) is 9.60. The van der Waals surface area contributed by atoms with Gasteiger partial charge in [0.2, 0.25) is 5.76 Å². The number of anilines is 1. The molecule has 1 amide bonds. The van der Waals surface area contributed by atoms with E-state index in [0.717, 1.165) is 11.1 Å². The summed E-state index contributed by atoms with van der Waals surface area (Å²) in [7, 11) is 1.62. The number of carbonyl (C=O) groups excluding carboxylic acids is 1. The van der Waals surface area contributed by atoms with Crippen LogP contribution < -0.4 is 10.1 Å². The topological polar surface area (TPSA) is 93.8 Å². The Balaban J connectivity index is 1.72. The largest absolute Gasteiger partial charge is 0.504 e. The molecule has 30 heavy (non-hydrogen) atoms. The van der Waals surface area contributed by atoms with Crippen molar-refractivity contribution in [2.24, 2.45) is 0 Å². The van der Waals surface area contributed by atoms with Gasteiger partial charge in [0.1, 0.15) is 12.4 Å². The maximum absolute atomic E-state index is 12.5. The minimum atomic E-state index is -0.438. The van der Waals surface area contributed by atoms with Crippen molar-refractivity contribution < 1.29 is 23.9 Å². The van der Waals surface area contributed by atoms with Crippen molar-refractivity contribution >= 4 is 34.5 Å². The molecule has 7 nitrogen and oxygen atoms in total. The van der Waals surface area contributed by atoms with E-state index in [4.69, 9.17) is 25.6 Å². The molecule has 154 valence electrons. The summed E-state index contributed by atoms with van der Waals surface area (Å²) in [5.41, 5.74) is 3.32. The zero-order valence-corrected chi connectivity index (χ0v) is 17.1. The number of nitrogens with zero attached hydrogens (tertiary/aromatic N) is 1. The predicted octanol–water partition coefficient (Wildman–Crippen LogP) is 4.71. The molecule has 0 atom stereocenters. The Morgan fingerprint density at radius 3 is 2.60 bits per heavy atom. The first-order valence-electron chi connectivity index (χ1n) is 9.22. The Labute approximate surface area is 177 Å². The molecule has 0 fully saturated rings. The molecule has 3 aromatic rings. The van der Waals surface area contributed by atoms with Crippen LogP contribution in [0.2, 0.25) is 5.02 Å². The molecule has 2 aromatic carbocycles. The van der Waals surface area contributed by atoms with E-state index in [1.54, 1.807) is 32.2 Å². The molecule has 0 spiro atoms. The molecule has 0 bridgehead atoms. The quantitative estimate of drug-likeness (QED) is 0.337. The average Bonchev–Trinajstić information content (AvgIpc) is 3.30. The van der Waals surface area contributed by atoms with Gasteiger partial charge < -0.3 is 24.4 Å². The zero-order chi connectivity index (χ0) is 21.3. The van der Waals surface area contributed by atoms with Gasteiger partial charge in [0, 0.05) is 24.3 Å². The van der Waals surface area contributed by atoms with Crippen LogP contribution in [0.4, 0.5) is 5.69 Å². The number of aliphatic hydroxyl groups excluding tert-OH is 1. The van der Waals surface area contributed by atoms with E-state index in [2.05, 4.69) is 10.5 Å². The van der Waals surface area contributed by atoms with Crippen LogP contribution >= 0.6 is 11.6 Å². The predicted molar refractivity (Wildman–Crippen MR) is 114 cm³/mol. The first kappa shape index (κ1) is 20.0. The van der Waals surface area contributed by atoms with Crippen molar-refractivity contribution in [1.29, 1.82) is 0 Å². The minimum absolute atomic E-state index is 0.110. The van der Waals surface area contributed by atoms with E-state index in [-0.39, 0.29) is 17.1 Å². The molecule has 1 aliphatic heterocycles. The van der Waals surface area contributed by atoms with E-state index in [1.807, 2.05) is 24.3 Å². The van der Waals surface area contributed by atoms with Crippen LogP contribution in [0.25, 0.3) is 22.5 Å². The lowest BCUT2D eigenvalue weighted by molar-refractivity contribution is -0.110. The van der Waals surface area contributed by atoms with Gasteiger partial charge in [-0.3, -0.25) is 4.79 Å². The molecular weight excluding hydrogens is 408 g/mol. The van der Waals surface area contributed by atoms with Crippen molar-refractivity contribution in [3.63, 3.8) is 0 Å². The number of halogens is 1. The van der Waals surface area contributed by atoms with Gasteiger partial charge in [0.25, 0.3) is 5.91 Å². The van der Waals surface area contributed by atoms with E-state index in [0.29, 0.717) is 40.9 Å². The van der Waals surface area contributed by atoms with E-state index >= 15 is 0 Å². The highest BCUT2D eigenvalue weighted by Gasteiger charge is 2.31. The van der Waals surface area contributed by atoms with Crippen LogP contribution in [0.1, 0.15) is 17.0 Å². The fourth-order valence-electron chi connectivity index (χ4n) is 3.22. The Bertz CT molecular complexity index is 1130. The molecule has 8 heteroatoms. The number of aromatic nitrogens is 1. The number of amides is 1. The van der Waals surface area contributed by atoms with Crippen molar-refractivity contribution in [3.05, 3.63) is 64.5 Å². The van der Waals surface area contributed by atoms with Crippen LogP contribution in [0.5, 0.6) is 5.75 Å². The Morgan fingerprint density at radius 2 is 1.93 bits per heavy atom. The monoisotopic (exact) mass is 426 g/mol. The lowest BCUT2D eigenvalue weighted by Gasteiger charge is -2.10. The molecule has 0 saturated heterocycles. The second kappa shape index (κ2) is 8.22. The van der Waals surface area contributed by atoms with Crippen molar-refractivity contribution in [3.8, 4) is 16.9 Å². The highest BCUT2D eigenvalue weighted by Crippen LogP contribution is 2.42. The number of aryl methyl sites for hydroxylation is 1. The molecule has 1 aromatic heterocycles. The minimum Gasteiger partial charge on any atom is -0.504 e. The van der Waals surface area contributed by atoms with E-state index in [1.165, 1.54) is 0 Å². The number of hydrogen-bond donors (Lipinski definition) is 2. The van der Waals surface area contributed by atoms with Crippen molar-refractivity contribution in [1.82, 2.24) is 5.16 Å². The first-order chi connectivity index (χ1) is 14.5. The summed E-state index contributed by atoms with van der Waals surface area (Å²) in [5, 5.41) is 17.6. The van der Waals surface area contributed by atoms with E-state index in [9.17, 15) is 9.90 Å². The second-order valence-electron chi connectivity index (χ2n) is 6.75. The van der Waals surface area contributed by atoms with Crippen molar-refractivity contribution in [2.75, 3.05) is 25.6 Å². The van der Waals surface area contributed by atoms with Gasteiger partial charge in [-0.05, 0) is 36.8 Å². The summed E-state index contributed by atoms with van der Waals surface area (Å²) in [4.78, 5) is 12.5. The van der Waals surface area contributed by atoms with Gasteiger partial charge in [0.05, 0.1) is 28.6 Å². The number of methoxy groups -OCH3 is 1. The number of benzene rings is 2. The molecule has 0 aliphatic carbocycles. The van der Waals surface area contributed by atoms with Gasteiger partial charge in [-0.2, -0.15) is 0 Å². The smallest absolute Gasteiger partial charge is 0.260 e. The number of aliphatic hydroxyl groups is 1. The van der Waals surface area contributed by atoms with Gasteiger partial charge in [-0.15, -0.1) is 0 Å². The summed E-state index contributed by atoms with van der Waals surface area (Å²) in [5.74, 6) is 0.122. The van der Waals surface area contributed by atoms with Crippen molar-refractivity contribution in [2.45, 2.75) is 6.92 Å². The Morgan fingerprint density at radius 1 is 1.17 bits per heavy atom. The van der Waals surface area contributed by atoms with Crippen LogP contribution in [0, 0.1) is 6.92 Å². The van der Waals surface area contributed by atoms with Crippen LogP contribution in [-0.2, 0) is 9.53 Å². The maximum atomic E-state index is 12.5. The summed E-state index contributed by atoms with van der Waals surface area (Å²) in [6, 6.07) is 12.4. The standard InChI is InChI=1S/C22H19ClN2O5/c1-12-9-19(30-25-12)21(26)20-16-10-15(17(23)11-18(16)24-22(20)27)13-3-5-14(6-4-13)29-8-7-28-2/h3-6,9-11,26H,7-8H2,1-2H3,(H,24,27)/b21-20+. The van der Waals surface area contributed by atoms with Gasteiger partial charge in [-0.1, -0.05) is 28.9 Å². The third-order valence-corrected chi connectivity index (χ3v) is 4.98. The Kier molecular flexibility index (Phi) is 5.48. The molecular formula is C22H19ClN2O5. The fraction of sp³-hybridized carbons (Fsp3) is 0.182. The molecule has 0 unspecified atom stereocenters. The molecule has 0 radical (unpaired) electrons. The van der Waals surface area contributed by atoms with E-state index < -0.39 is 5.91 Å². The molecule has 2 heterocycles. The van der Waals surface area contributed by atoms with Gasteiger partial charge in [0.15, 0.2) is 5.76 Å². The third-order valence-electron chi connectivity index (χ3n) is 4.67. The summed E-state index contributed by atoms with van der Waals surface area (Å²) >= 11 is 6.47. The lowest BCUT2D eigenvalue weighted by Crippen LogP contribution is -2.05. The molecule has 0 saturated carbocycles. The van der Waals surface area contributed by atoms with Crippen LogP contribution in [-0.4, -0.2) is 36.5 Å². The lowest BCUT2D eigenvalue weighted by atomic mass is 9.98. The second-order valence-corrected chi connectivity index (χ2v) is 7.16. The average molecular weight is 427 g/mol. The van der Waals surface area contributed by atoms with Crippen LogP contribution in [0.3, 0.4) is 0 Å². The summed E-state index contributed by atoms with van der Waals surface area (Å²) in [6.45, 7) is 2.69. The van der Waals surface area contributed by atoms with Crippen LogP contribution in [0.15, 0.2) is 47.0 Å². The number of hydrogen-bond acceptors (Lipinski definition) is 6. The third kappa shape index (κ3) is 3.77. The SMILES string of the molecule is COCCOc1ccc(-c2cc3c(cc2Cl)NC(=O)/C3=C(/O)c2cc(C)no2)cc1. The Hall–Kier alpha value is -3.29. The molecule has 4 rings (SSSR count). The number of ether oxygens (including phenoxy) is 2. The number of rotatable bonds is 6. The molecule has 2 N–H and O–H groups in total.